The van der Waals surface area contributed by atoms with Crippen LogP contribution < -0.4 is 15.0 Å². The first-order chi connectivity index (χ1) is 13.4. The molecule has 2 aromatic carbocycles. The van der Waals surface area contributed by atoms with Crippen LogP contribution in [0.25, 0.3) is 0 Å². The summed E-state index contributed by atoms with van der Waals surface area (Å²) >= 11 is 3.39. The molecule has 0 saturated heterocycles. The molecule has 1 unspecified atom stereocenters. The fraction of sp³-hybridized carbons (Fsp3) is 0.364. The van der Waals surface area contributed by atoms with E-state index in [1.54, 1.807) is 11.8 Å². The fourth-order valence-corrected chi connectivity index (χ4v) is 3.66. The Balaban J connectivity index is 1.82. The molecule has 0 aromatic heterocycles. The predicted molar refractivity (Wildman–Crippen MR) is 114 cm³/mol. The third-order valence-corrected chi connectivity index (χ3v) is 5.18. The monoisotopic (exact) mass is 444 g/mol. The molecule has 1 atom stereocenters. The van der Waals surface area contributed by atoms with Crippen LogP contribution >= 0.6 is 15.9 Å². The molecule has 6 heteroatoms. The molecular formula is C22H25BrN2O3. The number of carbonyl (C=O) groups is 2. The molecule has 0 spiro atoms. The molecule has 148 valence electrons. The highest BCUT2D eigenvalue weighted by Gasteiger charge is 2.29. The fourth-order valence-electron chi connectivity index (χ4n) is 3.39. The van der Waals surface area contributed by atoms with Crippen molar-refractivity contribution in [2.45, 2.75) is 45.8 Å². The molecule has 1 aliphatic rings. The maximum absolute atomic E-state index is 13.1. The lowest BCUT2D eigenvalue weighted by molar-refractivity contribution is -0.124. The van der Waals surface area contributed by atoms with Gasteiger partial charge in [0.05, 0.1) is 0 Å². The van der Waals surface area contributed by atoms with Gasteiger partial charge in [-0.3, -0.25) is 9.59 Å². The number of hydrogen-bond donors (Lipinski definition) is 1. The van der Waals surface area contributed by atoms with E-state index in [2.05, 4.69) is 21.2 Å². The molecule has 28 heavy (non-hydrogen) atoms. The first kappa shape index (κ1) is 20.4. The van der Waals surface area contributed by atoms with Crippen LogP contribution in [0.2, 0.25) is 0 Å². The van der Waals surface area contributed by atoms with Crippen LogP contribution in [-0.4, -0.2) is 30.5 Å². The molecule has 3 rings (SSSR count). The van der Waals surface area contributed by atoms with E-state index in [4.69, 9.17) is 4.74 Å². The number of ether oxygens (including phenoxy) is 1. The largest absolute Gasteiger partial charge is 0.481 e. The number of amides is 2. The number of benzene rings is 2. The van der Waals surface area contributed by atoms with Gasteiger partial charge in [-0.15, -0.1) is 0 Å². The summed E-state index contributed by atoms with van der Waals surface area (Å²) in [6, 6.07) is 13.0. The van der Waals surface area contributed by atoms with Gasteiger partial charge in [0.15, 0.2) is 6.10 Å². The summed E-state index contributed by atoms with van der Waals surface area (Å²) in [4.78, 5) is 27.4. The lowest BCUT2D eigenvalue weighted by Crippen LogP contribution is -2.43. The summed E-state index contributed by atoms with van der Waals surface area (Å²) in [5.74, 6) is 0.442. The van der Waals surface area contributed by atoms with Crippen molar-refractivity contribution in [3.63, 3.8) is 0 Å². The normalized spacial score (nSPS) is 14.4. The molecule has 1 N–H and O–H groups in total. The molecule has 2 aromatic rings. The van der Waals surface area contributed by atoms with Crippen LogP contribution in [0.4, 0.5) is 5.69 Å². The number of carbonyl (C=O) groups excluding carboxylic acids is 2. The summed E-state index contributed by atoms with van der Waals surface area (Å²) in [6.07, 6.45) is 0.971. The second-order valence-corrected chi connectivity index (χ2v) is 8.15. The van der Waals surface area contributed by atoms with Gasteiger partial charge >= 0.3 is 0 Å². The molecular weight excluding hydrogens is 420 g/mol. The van der Waals surface area contributed by atoms with Crippen molar-refractivity contribution in [3.05, 3.63) is 58.1 Å². The van der Waals surface area contributed by atoms with Crippen LogP contribution in [-0.2, 0) is 11.2 Å². The Hall–Kier alpha value is -2.34. The van der Waals surface area contributed by atoms with E-state index in [9.17, 15) is 9.59 Å². The maximum atomic E-state index is 13.1. The summed E-state index contributed by atoms with van der Waals surface area (Å²) in [6.45, 7) is 6.25. The molecule has 5 nitrogen and oxygen atoms in total. The van der Waals surface area contributed by atoms with Gasteiger partial charge < -0.3 is 15.0 Å². The van der Waals surface area contributed by atoms with Gasteiger partial charge in [0.25, 0.3) is 11.8 Å². The van der Waals surface area contributed by atoms with Crippen molar-refractivity contribution in [2.24, 2.45) is 0 Å². The third-order valence-electron chi connectivity index (χ3n) is 4.66. The standard InChI is InChI=1S/C22H25BrN2O3/c1-14(2)24-21(26)19-6-4-8-20-18(19)7-5-13-25(20)22(27)15(3)28-17-11-9-16(23)10-12-17/h4,6,8-12,14-15H,5,7,13H2,1-3H3,(H,24,26). The lowest BCUT2D eigenvalue weighted by Gasteiger charge is -2.32. The van der Waals surface area contributed by atoms with Crippen LogP contribution in [0.3, 0.4) is 0 Å². The molecule has 0 saturated carbocycles. The zero-order chi connectivity index (χ0) is 20.3. The van der Waals surface area contributed by atoms with E-state index in [1.165, 1.54) is 0 Å². The van der Waals surface area contributed by atoms with Gasteiger partial charge in [0.1, 0.15) is 5.75 Å². The Kier molecular flexibility index (Phi) is 6.39. The summed E-state index contributed by atoms with van der Waals surface area (Å²) < 4.78 is 6.79. The van der Waals surface area contributed by atoms with Gasteiger partial charge in [0.2, 0.25) is 0 Å². The van der Waals surface area contributed by atoms with Crippen molar-refractivity contribution in [2.75, 3.05) is 11.4 Å². The van der Waals surface area contributed by atoms with E-state index in [0.717, 1.165) is 28.6 Å². The number of anilines is 1. The number of nitrogens with one attached hydrogen (secondary N) is 1. The van der Waals surface area contributed by atoms with Crippen molar-refractivity contribution in [1.29, 1.82) is 0 Å². The van der Waals surface area contributed by atoms with E-state index in [1.807, 2.05) is 56.3 Å². The zero-order valence-corrected chi connectivity index (χ0v) is 18.0. The Labute approximate surface area is 174 Å². The first-order valence-electron chi connectivity index (χ1n) is 9.53. The predicted octanol–water partition coefficient (Wildman–Crippen LogP) is 4.33. The van der Waals surface area contributed by atoms with Gasteiger partial charge in [0, 0.05) is 28.3 Å². The third kappa shape index (κ3) is 4.55. The average Bonchev–Trinajstić information content (AvgIpc) is 2.67. The number of fused-ring (bicyclic) bond motifs is 1. The van der Waals surface area contributed by atoms with Crippen molar-refractivity contribution in [1.82, 2.24) is 5.32 Å². The summed E-state index contributed by atoms with van der Waals surface area (Å²) in [5, 5.41) is 2.94. The average molecular weight is 445 g/mol. The molecule has 1 heterocycles. The van der Waals surface area contributed by atoms with Gasteiger partial charge in [-0.2, -0.15) is 0 Å². The summed E-state index contributed by atoms with van der Waals surface area (Å²) in [7, 11) is 0. The highest BCUT2D eigenvalue weighted by Crippen LogP contribution is 2.31. The van der Waals surface area contributed by atoms with Crippen LogP contribution in [0.5, 0.6) is 5.75 Å². The minimum atomic E-state index is -0.625. The Morgan fingerprint density at radius 1 is 1.11 bits per heavy atom. The number of hydrogen-bond acceptors (Lipinski definition) is 3. The van der Waals surface area contributed by atoms with Crippen molar-refractivity contribution < 1.29 is 14.3 Å². The first-order valence-corrected chi connectivity index (χ1v) is 10.3. The van der Waals surface area contributed by atoms with Crippen LogP contribution in [0, 0.1) is 0 Å². The van der Waals surface area contributed by atoms with E-state index in [-0.39, 0.29) is 17.9 Å². The minimum absolute atomic E-state index is 0.0593. The van der Waals surface area contributed by atoms with Crippen LogP contribution in [0.15, 0.2) is 46.9 Å². The lowest BCUT2D eigenvalue weighted by atomic mass is 9.95. The van der Waals surface area contributed by atoms with Gasteiger partial charge in [-0.05, 0) is 75.6 Å². The van der Waals surface area contributed by atoms with E-state index in [0.29, 0.717) is 17.9 Å². The maximum Gasteiger partial charge on any atom is 0.267 e. The number of nitrogens with zero attached hydrogens (tertiary/aromatic N) is 1. The van der Waals surface area contributed by atoms with Crippen LogP contribution in [0.1, 0.15) is 43.1 Å². The van der Waals surface area contributed by atoms with E-state index < -0.39 is 6.10 Å². The highest BCUT2D eigenvalue weighted by atomic mass is 79.9. The minimum Gasteiger partial charge on any atom is -0.481 e. The molecule has 1 aliphatic heterocycles. The number of rotatable bonds is 5. The van der Waals surface area contributed by atoms with E-state index >= 15 is 0 Å². The number of halogens is 1. The Bertz CT molecular complexity index is 865. The van der Waals surface area contributed by atoms with Crippen molar-refractivity contribution in [3.8, 4) is 5.75 Å². The van der Waals surface area contributed by atoms with Crippen molar-refractivity contribution >= 4 is 33.4 Å². The quantitative estimate of drug-likeness (QED) is 0.745. The molecule has 0 fully saturated rings. The second kappa shape index (κ2) is 8.78. The Morgan fingerprint density at radius 3 is 2.50 bits per heavy atom. The summed E-state index contributed by atoms with van der Waals surface area (Å²) in [5.41, 5.74) is 2.38. The zero-order valence-electron chi connectivity index (χ0n) is 16.4. The molecule has 0 aliphatic carbocycles. The van der Waals surface area contributed by atoms with Gasteiger partial charge in [-0.25, -0.2) is 0 Å². The highest BCUT2D eigenvalue weighted by molar-refractivity contribution is 9.10. The molecule has 0 radical (unpaired) electrons. The topological polar surface area (TPSA) is 58.6 Å². The SMILES string of the molecule is CC(C)NC(=O)c1cccc2c1CCCN2C(=O)C(C)Oc1ccc(Br)cc1. The molecule has 0 bridgehead atoms. The Morgan fingerprint density at radius 2 is 1.82 bits per heavy atom. The second-order valence-electron chi connectivity index (χ2n) is 7.24. The molecule has 2 amide bonds. The van der Waals surface area contributed by atoms with Gasteiger partial charge in [-0.1, -0.05) is 22.0 Å². The smallest absolute Gasteiger partial charge is 0.267 e.